The molecule has 0 saturated carbocycles. The van der Waals surface area contributed by atoms with Crippen molar-refractivity contribution in [3.05, 3.63) is 59.4 Å². The first-order valence-corrected chi connectivity index (χ1v) is 11.6. The van der Waals surface area contributed by atoms with Crippen LogP contribution >= 0.6 is 11.6 Å². The minimum absolute atomic E-state index is 0.126. The molecule has 0 radical (unpaired) electrons. The van der Waals surface area contributed by atoms with E-state index in [1.54, 1.807) is 36.4 Å². The number of nitrogens with zero attached hydrogens (tertiary/aromatic N) is 3. The highest BCUT2D eigenvalue weighted by molar-refractivity contribution is 6.30. The summed E-state index contributed by atoms with van der Waals surface area (Å²) in [6.45, 7) is 3.67. The highest BCUT2D eigenvalue weighted by atomic mass is 35.5. The van der Waals surface area contributed by atoms with Gasteiger partial charge in [-0.2, -0.15) is 0 Å². The van der Waals surface area contributed by atoms with Gasteiger partial charge >= 0.3 is 0 Å². The summed E-state index contributed by atoms with van der Waals surface area (Å²) in [7, 11) is 0. The number of nitrogens with one attached hydrogen (secondary N) is 2. The van der Waals surface area contributed by atoms with Gasteiger partial charge in [-0.15, -0.1) is 0 Å². The van der Waals surface area contributed by atoms with E-state index in [2.05, 4.69) is 15.5 Å². The largest absolute Gasteiger partial charge is 0.369 e. The molecule has 2 heterocycles. The zero-order valence-corrected chi connectivity index (χ0v) is 19.4. The van der Waals surface area contributed by atoms with Crippen LogP contribution in [-0.4, -0.2) is 79.4 Å². The molecule has 10 heteroatoms. The summed E-state index contributed by atoms with van der Waals surface area (Å²) in [5, 5.41) is 6.05. The molecule has 8 nitrogen and oxygen atoms in total. The van der Waals surface area contributed by atoms with Gasteiger partial charge in [0.05, 0.1) is 13.0 Å². The first kappa shape index (κ1) is 24.0. The molecule has 0 spiro atoms. The van der Waals surface area contributed by atoms with Crippen LogP contribution in [0.25, 0.3) is 0 Å². The smallest absolute Gasteiger partial charge is 0.243 e. The maximum atomic E-state index is 13.2. The Morgan fingerprint density at radius 2 is 1.68 bits per heavy atom. The standard InChI is InChI=1S/C24H27ClFN5O3/c25-17-1-5-19(6-2-17)28-22(32)15-21-24(34)27-9-10-31(21)23(33)16-29-11-13-30(14-12-29)20-7-3-18(26)4-8-20/h1-8,21H,9-16H2,(H,27,34)(H,28,32)/t21-/m1/s1. The predicted molar refractivity (Wildman–Crippen MR) is 128 cm³/mol. The third-order valence-electron chi connectivity index (χ3n) is 6.08. The Morgan fingerprint density at radius 1 is 1.00 bits per heavy atom. The average Bonchev–Trinajstić information content (AvgIpc) is 2.83. The van der Waals surface area contributed by atoms with Crippen LogP contribution in [0.1, 0.15) is 6.42 Å². The molecule has 2 fully saturated rings. The molecule has 2 aliphatic heterocycles. The Morgan fingerprint density at radius 3 is 2.35 bits per heavy atom. The number of benzene rings is 2. The summed E-state index contributed by atoms with van der Waals surface area (Å²) in [5.74, 6) is -1.12. The lowest BCUT2D eigenvalue weighted by molar-refractivity contribution is -0.145. The highest BCUT2D eigenvalue weighted by Crippen LogP contribution is 2.18. The fraction of sp³-hybridized carbons (Fsp3) is 0.375. The van der Waals surface area contributed by atoms with Crippen molar-refractivity contribution in [1.29, 1.82) is 0 Å². The summed E-state index contributed by atoms with van der Waals surface area (Å²) in [6, 6.07) is 12.2. The number of carbonyl (C=O) groups is 3. The molecule has 0 bridgehead atoms. The monoisotopic (exact) mass is 487 g/mol. The Labute approximate surface area is 202 Å². The van der Waals surface area contributed by atoms with Crippen LogP contribution in [-0.2, 0) is 14.4 Å². The van der Waals surface area contributed by atoms with Crippen LogP contribution in [0.15, 0.2) is 48.5 Å². The molecule has 2 saturated heterocycles. The predicted octanol–water partition coefficient (Wildman–Crippen LogP) is 1.96. The quantitative estimate of drug-likeness (QED) is 0.650. The van der Waals surface area contributed by atoms with Gasteiger partial charge in [0.1, 0.15) is 11.9 Å². The van der Waals surface area contributed by atoms with Crippen molar-refractivity contribution in [1.82, 2.24) is 15.1 Å². The molecule has 0 unspecified atom stereocenters. The zero-order valence-electron chi connectivity index (χ0n) is 18.7. The molecule has 4 rings (SSSR count). The van der Waals surface area contributed by atoms with Crippen molar-refractivity contribution in [3.8, 4) is 0 Å². The van der Waals surface area contributed by atoms with E-state index in [1.807, 2.05) is 4.90 Å². The van der Waals surface area contributed by atoms with Gasteiger partial charge in [-0.1, -0.05) is 11.6 Å². The van der Waals surface area contributed by atoms with E-state index >= 15 is 0 Å². The number of rotatable bonds is 6. The van der Waals surface area contributed by atoms with Gasteiger partial charge in [-0.3, -0.25) is 19.3 Å². The second-order valence-electron chi connectivity index (χ2n) is 8.39. The average molecular weight is 488 g/mol. The third kappa shape index (κ3) is 6.03. The number of halogens is 2. The van der Waals surface area contributed by atoms with E-state index in [1.165, 1.54) is 17.0 Å². The minimum Gasteiger partial charge on any atom is -0.369 e. The fourth-order valence-electron chi connectivity index (χ4n) is 4.24. The van der Waals surface area contributed by atoms with Crippen molar-refractivity contribution in [2.24, 2.45) is 0 Å². The van der Waals surface area contributed by atoms with Gasteiger partial charge in [0.25, 0.3) is 0 Å². The van der Waals surface area contributed by atoms with Gasteiger partial charge in [-0.25, -0.2) is 4.39 Å². The van der Waals surface area contributed by atoms with Gasteiger partial charge in [0, 0.05) is 55.7 Å². The van der Waals surface area contributed by atoms with E-state index in [-0.39, 0.29) is 36.5 Å². The van der Waals surface area contributed by atoms with Crippen LogP contribution in [0.2, 0.25) is 5.02 Å². The summed E-state index contributed by atoms with van der Waals surface area (Å²) in [6.07, 6.45) is -0.126. The third-order valence-corrected chi connectivity index (χ3v) is 6.33. The van der Waals surface area contributed by atoms with Gasteiger partial charge in [-0.05, 0) is 48.5 Å². The molecule has 2 N–H and O–H groups in total. The maximum Gasteiger partial charge on any atom is 0.243 e. The highest BCUT2D eigenvalue weighted by Gasteiger charge is 2.35. The van der Waals surface area contributed by atoms with Gasteiger partial charge in [0.2, 0.25) is 17.7 Å². The second kappa shape index (κ2) is 10.8. The lowest BCUT2D eigenvalue weighted by Gasteiger charge is -2.39. The van der Waals surface area contributed by atoms with Crippen LogP contribution in [0.3, 0.4) is 0 Å². The Hall–Kier alpha value is -3.17. The minimum atomic E-state index is -0.853. The molecular weight excluding hydrogens is 461 g/mol. The van der Waals surface area contributed by atoms with Crippen molar-refractivity contribution >= 4 is 40.7 Å². The number of hydrogen-bond acceptors (Lipinski definition) is 5. The van der Waals surface area contributed by atoms with E-state index in [0.29, 0.717) is 50.0 Å². The van der Waals surface area contributed by atoms with E-state index < -0.39 is 6.04 Å². The topological polar surface area (TPSA) is 85.0 Å². The molecule has 2 aromatic carbocycles. The first-order valence-electron chi connectivity index (χ1n) is 11.2. The molecule has 1 atom stereocenters. The van der Waals surface area contributed by atoms with Crippen molar-refractivity contribution in [2.45, 2.75) is 12.5 Å². The normalized spacial score (nSPS) is 19.0. The lowest BCUT2D eigenvalue weighted by atomic mass is 10.1. The summed E-state index contributed by atoms with van der Waals surface area (Å²) in [4.78, 5) is 43.9. The molecule has 0 aliphatic carbocycles. The van der Waals surface area contributed by atoms with Crippen LogP contribution < -0.4 is 15.5 Å². The summed E-state index contributed by atoms with van der Waals surface area (Å²) < 4.78 is 13.2. The van der Waals surface area contributed by atoms with Crippen molar-refractivity contribution in [2.75, 3.05) is 56.0 Å². The summed E-state index contributed by atoms with van der Waals surface area (Å²) in [5.41, 5.74) is 1.52. The molecule has 0 aromatic heterocycles. The maximum absolute atomic E-state index is 13.2. The fourth-order valence-corrected chi connectivity index (χ4v) is 4.36. The van der Waals surface area contributed by atoms with Crippen LogP contribution in [0.5, 0.6) is 0 Å². The van der Waals surface area contributed by atoms with E-state index in [4.69, 9.17) is 11.6 Å². The number of hydrogen-bond donors (Lipinski definition) is 2. The van der Waals surface area contributed by atoms with E-state index in [9.17, 15) is 18.8 Å². The molecule has 2 aromatic rings. The lowest BCUT2D eigenvalue weighted by Crippen LogP contribution is -2.60. The SMILES string of the molecule is O=C(C[C@@H]1C(=O)NCCN1C(=O)CN1CCN(c2ccc(F)cc2)CC1)Nc1ccc(Cl)cc1. The molecule has 34 heavy (non-hydrogen) atoms. The van der Waals surface area contributed by atoms with Gasteiger partial charge in [0.15, 0.2) is 0 Å². The van der Waals surface area contributed by atoms with E-state index in [0.717, 1.165) is 5.69 Å². The Balaban J connectivity index is 1.31. The number of amides is 3. The van der Waals surface area contributed by atoms with Crippen molar-refractivity contribution < 1.29 is 18.8 Å². The molecule has 3 amide bonds. The van der Waals surface area contributed by atoms with Crippen molar-refractivity contribution in [3.63, 3.8) is 0 Å². The van der Waals surface area contributed by atoms with Crippen LogP contribution in [0, 0.1) is 5.82 Å². The van der Waals surface area contributed by atoms with Gasteiger partial charge < -0.3 is 20.4 Å². The Bertz CT molecular complexity index is 1030. The molecular formula is C24H27ClFN5O3. The van der Waals surface area contributed by atoms with Crippen LogP contribution in [0.4, 0.5) is 15.8 Å². The zero-order chi connectivity index (χ0) is 24.1. The Kier molecular flexibility index (Phi) is 7.64. The summed E-state index contributed by atoms with van der Waals surface area (Å²) >= 11 is 5.87. The number of anilines is 2. The molecule has 2 aliphatic rings. The number of piperazine rings is 2. The second-order valence-corrected chi connectivity index (χ2v) is 8.83. The first-order chi connectivity index (χ1) is 16.4. The molecule has 180 valence electrons. The number of carbonyl (C=O) groups excluding carboxylic acids is 3.